The second kappa shape index (κ2) is 7.69. The summed E-state index contributed by atoms with van der Waals surface area (Å²) in [5, 5.41) is 20.1. The lowest BCUT2D eigenvalue weighted by molar-refractivity contribution is 0.0645. The van der Waals surface area contributed by atoms with Gasteiger partial charge in [-0.15, -0.1) is 0 Å². The third-order valence-electron chi connectivity index (χ3n) is 4.85. The molecule has 4 N–H and O–H groups in total. The molecule has 0 amide bonds. The lowest BCUT2D eigenvalue weighted by atomic mass is 9.87. The van der Waals surface area contributed by atoms with Crippen LogP contribution < -0.4 is 10.5 Å². The standard InChI is InChI=1S/C20H25NO3/c21-20(19(23)13-24-18-7-2-1-3-8-18)16-6-4-5-14-12-17(22)10-9-15(14)11-16/h1-3,7-10,12,16,19-20,22-23H,4-6,11,13,21H2/t16?,19-,20?/m1/s1. The van der Waals surface area contributed by atoms with E-state index in [1.165, 1.54) is 11.1 Å². The SMILES string of the molecule is NC(C1CCCc2cc(O)ccc2C1)[C@H](O)COc1ccccc1. The summed E-state index contributed by atoms with van der Waals surface area (Å²) in [6.07, 6.45) is 3.07. The fourth-order valence-electron chi connectivity index (χ4n) is 3.44. The van der Waals surface area contributed by atoms with Crippen LogP contribution in [0.5, 0.6) is 11.5 Å². The molecule has 0 saturated carbocycles. The molecule has 4 heteroatoms. The van der Waals surface area contributed by atoms with E-state index in [0.29, 0.717) is 5.75 Å². The Morgan fingerprint density at radius 3 is 2.71 bits per heavy atom. The first-order valence-corrected chi connectivity index (χ1v) is 8.56. The van der Waals surface area contributed by atoms with Crippen LogP contribution in [-0.4, -0.2) is 29.0 Å². The van der Waals surface area contributed by atoms with Gasteiger partial charge in [0.1, 0.15) is 24.2 Å². The van der Waals surface area contributed by atoms with Crippen LogP contribution in [0.3, 0.4) is 0 Å². The van der Waals surface area contributed by atoms with Crippen LogP contribution in [0, 0.1) is 5.92 Å². The summed E-state index contributed by atoms with van der Waals surface area (Å²) in [5.74, 6) is 1.27. The maximum atomic E-state index is 10.4. The predicted octanol–water partition coefficient (Wildman–Crippen LogP) is 2.65. The van der Waals surface area contributed by atoms with Crippen molar-refractivity contribution >= 4 is 0 Å². The average molecular weight is 327 g/mol. The highest BCUT2D eigenvalue weighted by Gasteiger charge is 2.28. The number of hydrogen-bond donors (Lipinski definition) is 3. The van der Waals surface area contributed by atoms with E-state index in [1.807, 2.05) is 42.5 Å². The van der Waals surface area contributed by atoms with Crippen molar-refractivity contribution < 1.29 is 14.9 Å². The van der Waals surface area contributed by atoms with Crippen LogP contribution in [0.15, 0.2) is 48.5 Å². The molecule has 3 atom stereocenters. The molecule has 1 aliphatic carbocycles. The van der Waals surface area contributed by atoms with E-state index in [0.717, 1.165) is 31.4 Å². The fraction of sp³-hybridized carbons (Fsp3) is 0.400. The van der Waals surface area contributed by atoms with Gasteiger partial charge in [-0.3, -0.25) is 0 Å². The second-order valence-electron chi connectivity index (χ2n) is 6.58. The first-order chi connectivity index (χ1) is 11.6. The molecule has 0 aliphatic heterocycles. The zero-order chi connectivity index (χ0) is 16.9. The molecular formula is C20H25NO3. The molecule has 0 spiro atoms. The number of phenolic OH excluding ortho intramolecular Hbond substituents is 1. The number of phenols is 1. The molecule has 3 rings (SSSR count). The Hall–Kier alpha value is -2.04. The Morgan fingerprint density at radius 1 is 1.12 bits per heavy atom. The minimum Gasteiger partial charge on any atom is -0.508 e. The van der Waals surface area contributed by atoms with Gasteiger partial charge in [-0.25, -0.2) is 0 Å². The molecule has 1 aliphatic rings. The quantitative estimate of drug-likeness (QED) is 0.738. The Morgan fingerprint density at radius 2 is 1.92 bits per heavy atom. The summed E-state index contributed by atoms with van der Waals surface area (Å²) in [6, 6.07) is 14.7. The van der Waals surface area contributed by atoms with Gasteiger partial charge in [-0.2, -0.15) is 0 Å². The molecule has 0 heterocycles. The Bertz CT molecular complexity index is 659. The van der Waals surface area contributed by atoms with Crippen molar-refractivity contribution in [3.63, 3.8) is 0 Å². The molecule has 0 fully saturated rings. The molecule has 0 bridgehead atoms. The van der Waals surface area contributed by atoms with Gasteiger partial charge in [0, 0.05) is 6.04 Å². The molecule has 4 nitrogen and oxygen atoms in total. The number of aryl methyl sites for hydroxylation is 1. The van der Waals surface area contributed by atoms with Gasteiger partial charge in [0.25, 0.3) is 0 Å². The lowest BCUT2D eigenvalue weighted by Gasteiger charge is -2.27. The normalized spacial score (nSPS) is 19.8. The van der Waals surface area contributed by atoms with Crippen LogP contribution in [-0.2, 0) is 12.8 Å². The number of ether oxygens (including phenoxy) is 1. The highest BCUT2D eigenvalue weighted by atomic mass is 16.5. The van der Waals surface area contributed by atoms with E-state index < -0.39 is 6.10 Å². The molecule has 2 aromatic carbocycles. The smallest absolute Gasteiger partial charge is 0.119 e. The van der Waals surface area contributed by atoms with E-state index in [9.17, 15) is 10.2 Å². The van der Waals surface area contributed by atoms with Crippen molar-refractivity contribution in [3.8, 4) is 11.5 Å². The Kier molecular flexibility index (Phi) is 5.38. The van der Waals surface area contributed by atoms with Crippen molar-refractivity contribution in [3.05, 3.63) is 59.7 Å². The summed E-state index contributed by atoms with van der Waals surface area (Å²) < 4.78 is 5.63. The van der Waals surface area contributed by atoms with Crippen molar-refractivity contribution in [2.45, 2.75) is 37.8 Å². The van der Waals surface area contributed by atoms with E-state index in [1.54, 1.807) is 6.07 Å². The Balaban J connectivity index is 1.61. The molecule has 2 unspecified atom stereocenters. The largest absolute Gasteiger partial charge is 0.508 e. The van der Waals surface area contributed by atoms with E-state index in [-0.39, 0.29) is 18.6 Å². The number of nitrogens with two attached hydrogens (primary N) is 1. The van der Waals surface area contributed by atoms with E-state index >= 15 is 0 Å². The summed E-state index contributed by atoms with van der Waals surface area (Å²) in [5.41, 5.74) is 8.75. The molecule has 0 aromatic heterocycles. The predicted molar refractivity (Wildman–Crippen MR) is 94.2 cm³/mol. The van der Waals surface area contributed by atoms with Gasteiger partial charge < -0.3 is 20.7 Å². The van der Waals surface area contributed by atoms with Gasteiger partial charge >= 0.3 is 0 Å². The highest BCUT2D eigenvalue weighted by Crippen LogP contribution is 2.29. The van der Waals surface area contributed by atoms with E-state index in [4.69, 9.17) is 10.5 Å². The third-order valence-corrected chi connectivity index (χ3v) is 4.85. The van der Waals surface area contributed by atoms with Crippen molar-refractivity contribution in [2.75, 3.05) is 6.61 Å². The summed E-state index contributed by atoms with van der Waals surface area (Å²) in [4.78, 5) is 0. The number of para-hydroxylation sites is 1. The Labute approximate surface area is 142 Å². The van der Waals surface area contributed by atoms with Crippen molar-refractivity contribution in [1.82, 2.24) is 0 Å². The number of aromatic hydroxyl groups is 1. The highest BCUT2D eigenvalue weighted by molar-refractivity contribution is 5.36. The topological polar surface area (TPSA) is 75.7 Å². The molecule has 2 aromatic rings. The number of aliphatic hydroxyl groups is 1. The molecule has 0 radical (unpaired) electrons. The number of benzene rings is 2. The minimum absolute atomic E-state index is 0.199. The van der Waals surface area contributed by atoms with Crippen LogP contribution in [0.4, 0.5) is 0 Å². The van der Waals surface area contributed by atoms with Gasteiger partial charge in [0.2, 0.25) is 0 Å². The number of rotatable bonds is 5. The molecular weight excluding hydrogens is 302 g/mol. The number of hydrogen-bond acceptors (Lipinski definition) is 4. The maximum absolute atomic E-state index is 10.4. The average Bonchev–Trinajstić information content (AvgIpc) is 2.81. The van der Waals surface area contributed by atoms with Gasteiger partial charge in [-0.1, -0.05) is 24.3 Å². The number of aliphatic hydroxyl groups excluding tert-OH is 1. The van der Waals surface area contributed by atoms with Crippen LogP contribution >= 0.6 is 0 Å². The summed E-state index contributed by atoms with van der Waals surface area (Å²) in [7, 11) is 0. The zero-order valence-electron chi connectivity index (χ0n) is 13.8. The van der Waals surface area contributed by atoms with Gasteiger partial charge in [0.05, 0.1) is 0 Å². The molecule has 24 heavy (non-hydrogen) atoms. The first-order valence-electron chi connectivity index (χ1n) is 8.56. The van der Waals surface area contributed by atoms with Crippen molar-refractivity contribution in [2.24, 2.45) is 11.7 Å². The second-order valence-corrected chi connectivity index (χ2v) is 6.58. The van der Waals surface area contributed by atoms with Gasteiger partial charge in [0.15, 0.2) is 0 Å². The summed E-state index contributed by atoms with van der Waals surface area (Å²) >= 11 is 0. The number of fused-ring (bicyclic) bond motifs is 1. The monoisotopic (exact) mass is 327 g/mol. The molecule has 128 valence electrons. The van der Waals surface area contributed by atoms with Crippen molar-refractivity contribution in [1.29, 1.82) is 0 Å². The fourth-order valence-corrected chi connectivity index (χ4v) is 3.44. The zero-order valence-corrected chi connectivity index (χ0v) is 13.8. The van der Waals surface area contributed by atoms with E-state index in [2.05, 4.69) is 0 Å². The molecule has 0 saturated heterocycles. The third kappa shape index (κ3) is 4.08. The van der Waals surface area contributed by atoms with Gasteiger partial charge in [-0.05, 0) is 67.0 Å². The van der Waals surface area contributed by atoms with Crippen LogP contribution in [0.25, 0.3) is 0 Å². The maximum Gasteiger partial charge on any atom is 0.119 e. The first kappa shape index (κ1) is 16.8. The lowest BCUT2D eigenvalue weighted by Crippen LogP contribution is -2.45. The summed E-state index contributed by atoms with van der Waals surface area (Å²) in [6.45, 7) is 0.199. The minimum atomic E-state index is -0.700. The van der Waals surface area contributed by atoms with Crippen LogP contribution in [0.1, 0.15) is 24.0 Å². The van der Waals surface area contributed by atoms with Crippen LogP contribution in [0.2, 0.25) is 0 Å².